The van der Waals surface area contributed by atoms with Gasteiger partial charge in [0, 0.05) is 19.7 Å². The minimum Gasteiger partial charge on any atom is -0.508 e. The molecule has 0 spiro atoms. The molecule has 1 saturated heterocycles. The van der Waals surface area contributed by atoms with E-state index in [2.05, 4.69) is 10.6 Å². The first kappa shape index (κ1) is 15.8. The molecule has 5 nitrogen and oxygen atoms in total. The van der Waals surface area contributed by atoms with Crippen molar-refractivity contribution < 1.29 is 14.6 Å². The van der Waals surface area contributed by atoms with Crippen LogP contribution in [0.2, 0.25) is 0 Å². The van der Waals surface area contributed by atoms with Gasteiger partial charge in [0.25, 0.3) is 0 Å². The van der Waals surface area contributed by atoms with Crippen LogP contribution in [0.15, 0.2) is 24.3 Å². The third kappa shape index (κ3) is 4.72. The van der Waals surface area contributed by atoms with Crippen molar-refractivity contribution in [3.63, 3.8) is 0 Å². The van der Waals surface area contributed by atoms with Gasteiger partial charge >= 0.3 is 0 Å². The molecule has 0 aliphatic carbocycles. The number of ether oxygens (including phenoxy) is 1. The van der Waals surface area contributed by atoms with E-state index in [4.69, 9.17) is 4.74 Å². The molecule has 1 fully saturated rings. The first-order valence-corrected chi connectivity index (χ1v) is 7.43. The minimum absolute atomic E-state index is 0.0488. The molecular formula is C16H24N2O3. The summed E-state index contributed by atoms with van der Waals surface area (Å²) in [6, 6.07) is 7.16. The van der Waals surface area contributed by atoms with Crippen molar-refractivity contribution in [3.8, 4) is 5.75 Å². The van der Waals surface area contributed by atoms with E-state index < -0.39 is 0 Å². The second-order valence-electron chi connectivity index (χ2n) is 5.67. The number of nitrogens with one attached hydrogen (secondary N) is 2. The Labute approximate surface area is 125 Å². The molecule has 0 aromatic heterocycles. The van der Waals surface area contributed by atoms with E-state index in [9.17, 15) is 9.90 Å². The number of benzene rings is 1. The molecule has 0 saturated carbocycles. The summed E-state index contributed by atoms with van der Waals surface area (Å²) in [5.74, 6) is 0.327. The highest BCUT2D eigenvalue weighted by Gasteiger charge is 2.29. The van der Waals surface area contributed by atoms with Crippen LogP contribution < -0.4 is 10.6 Å². The number of methoxy groups -OCH3 is 1. The molecule has 1 aromatic carbocycles. The molecule has 3 N–H and O–H groups in total. The second-order valence-corrected chi connectivity index (χ2v) is 5.67. The highest BCUT2D eigenvalue weighted by molar-refractivity contribution is 5.82. The van der Waals surface area contributed by atoms with Gasteiger partial charge in [-0.05, 0) is 43.9 Å². The van der Waals surface area contributed by atoms with Crippen LogP contribution in [-0.4, -0.2) is 42.9 Å². The van der Waals surface area contributed by atoms with E-state index in [1.165, 1.54) is 0 Å². The van der Waals surface area contributed by atoms with Crippen molar-refractivity contribution in [2.24, 2.45) is 0 Å². The lowest BCUT2D eigenvalue weighted by Crippen LogP contribution is -2.44. The van der Waals surface area contributed by atoms with Crippen molar-refractivity contribution in [3.05, 3.63) is 29.8 Å². The predicted octanol–water partition coefficient (Wildman–Crippen LogP) is 1.21. The zero-order valence-corrected chi connectivity index (χ0v) is 12.6. The SMILES string of the molecule is COC1CNC(C(=O)NC(C)CCc2ccc(O)cc2)C1. The molecule has 3 unspecified atom stereocenters. The Balaban J connectivity index is 1.72. The topological polar surface area (TPSA) is 70.6 Å². The Bertz CT molecular complexity index is 461. The van der Waals surface area contributed by atoms with Crippen molar-refractivity contribution in [2.45, 2.75) is 44.4 Å². The molecule has 1 amide bonds. The van der Waals surface area contributed by atoms with Crippen molar-refractivity contribution in [1.82, 2.24) is 10.6 Å². The van der Waals surface area contributed by atoms with Crippen LogP contribution >= 0.6 is 0 Å². The number of carbonyl (C=O) groups excluding carboxylic acids is 1. The van der Waals surface area contributed by atoms with Crippen LogP contribution in [-0.2, 0) is 16.0 Å². The highest BCUT2D eigenvalue weighted by atomic mass is 16.5. The molecular weight excluding hydrogens is 268 g/mol. The summed E-state index contributed by atoms with van der Waals surface area (Å²) in [6.45, 7) is 2.75. The standard InChI is InChI=1S/C16H24N2O3/c1-11(3-4-12-5-7-13(19)8-6-12)18-16(20)15-9-14(21-2)10-17-15/h5-8,11,14-15,17,19H,3-4,9-10H2,1-2H3,(H,18,20). The summed E-state index contributed by atoms with van der Waals surface area (Å²) >= 11 is 0. The Morgan fingerprint density at radius 3 is 2.81 bits per heavy atom. The average Bonchev–Trinajstić information content (AvgIpc) is 2.96. The fourth-order valence-electron chi connectivity index (χ4n) is 2.54. The van der Waals surface area contributed by atoms with E-state index in [0.29, 0.717) is 0 Å². The summed E-state index contributed by atoms with van der Waals surface area (Å²) in [5.41, 5.74) is 1.16. The van der Waals surface area contributed by atoms with E-state index in [1.807, 2.05) is 19.1 Å². The number of hydrogen-bond acceptors (Lipinski definition) is 4. The Kier molecular flexibility index (Phi) is 5.59. The molecule has 1 aliphatic rings. The molecule has 2 rings (SSSR count). The van der Waals surface area contributed by atoms with Gasteiger partial charge in [-0.15, -0.1) is 0 Å². The van der Waals surface area contributed by atoms with Crippen LogP contribution in [0.25, 0.3) is 0 Å². The third-order valence-electron chi connectivity index (χ3n) is 3.93. The van der Waals surface area contributed by atoms with Gasteiger partial charge in [-0.1, -0.05) is 12.1 Å². The van der Waals surface area contributed by atoms with E-state index in [-0.39, 0.29) is 29.8 Å². The summed E-state index contributed by atoms with van der Waals surface area (Å²) < 4.78 is 5.25. The largest absolute Gasteiger partial charge is 0.508 e. The lowest BCUT2D eigenvalue weighted by molar-refractivity contribution is -0.123. The minimum atomic E-state index is -0.147. The monoisotopic (exact) mass is 292 g/mol. The summed E-state index contributed by atoms with van der Waals surface area (Å²) in [7, 11) is 1.67. The van der Waals surface area contributed by atoms with Crippen molar-refractivity contribution in [2.75, 3.05) is 13.7 Å². The van der Waals surface area contributed by atoms with Crippen molar-refractivity contribution >= 4 is 5.91 Å². The number of phenols is 1. The van der Waals surface area contributed by atoms with E-state index in [0.717, 1.165) is 31.4 Å². The molecule has 3 atom stereocenters. The van der Waals surface area contributed by atoms with Crippen molar-refractivity contribution in [1.29, 1.82) is 0 Å². The average molecular weight is 292 g/mol. The smallest absolute Gasteiger partial charge is 0.237 e. The van der Waals surface area contributed by atoms with Crippen LogP contribution in [0.5, 0.6) is 5.75 Å². The zero-order valence-electron chi connectivity index (χ0n) is 12.6. The first-order valence-electron chi connectivity index (χ1n) is 7.43. The first-order chi connectivity index (χ1) is 10.1. The number of hydrogen-bond donors (Lipinski definition) is 3. The summed E-state index contributed by atoms with van der Waals surface area (Å²) in [6.07, 6.45) is 2.61. The lowest BCUT2D eigenvalue weighted by atomic mass is 10.1. The fraction of sp³-hybridized carbons (Fsp3) is 0.562. The maximum Gasteiger partial charge on any atom is 0.237 e. The predicted molar refractivity (Wildman–Crippen MR) is 81.2 cm³/mol. The number of rotatable bonds is 6. The molecule has 1 aromatic rings. The molecule has 0 radical (unpaired) electrons. The number of aromatic hydroxyl groups is 1. The molecule has 116 valence electrons. The molecule has 5 heteroatoms. The number of carbonyl (C=O) groups is 1. The summed E-state index contributed by atoms with van der Waals surface area (Å²) in [5, 5.41) is 15.5. The maximum absolute atomic E-state index is 12.1. The Morgan fingerprint density at radius 1 is 1.48 bits per heavy atom. The molecule has 0 bridgehead atoms. The summed E-state index contributed by atoms with van der Waals surface area (Å²) in [4.78, 5) is 12.1. The van der Waals surface area contributed by atoms with Crippen LogP contribution in [0, 0.1) is 0 Å². The fourth-order valence-corrected chi connectivity index (χ4v) is 2.54. The van der Waals surface area contributed by atoms with Gasteiger partial charge in [-0.3, -0.25) is 4.79 Å². The van der Waals surface area contributed by atoms with Gasteiger partial charge in [0.2, 0.25) is 5.91 Å². The lowest BCUT2D eigenvalue weighted by Gasteiger charge is -2.17. The van der Waals surface area contributed by atoms with Crippen LogP contribution in [0.1, 0.15) is 25.3 Å². The normalized spacial score (nSPS) is 23.0. The number of aryl methyl sites for hydroxylation is 1. The number of amides is 1. The molecule has 1 aliphatic heterocycles. The van der Waals surface area contributed by atoms with Gasteiger partial charge in [-0.2, -0.15) is 0 Å². The quantitative estimate of drug-likeness (QED) is 0.737. The Morgan fingerprint density at radius 2 is 2.19 bits per heavy atom. The molecule has 1 heterocycles. The highest BCUT2D eigenvalue weighted by Crippen LogP contribution is 2.13. The van der Waals surface area contributed by atoms with Crippen LogP contribution in [0.4, 0.5) is 0 Å². The van der Waals surface area contributed by atoms with Gasteiger partial charge in [0.15, 0.2) is 0 Å². The van der Waals surface area contributed by atoms with Crippen LogP contribution in [0.3, 0.4) is 0 Å². The zero-order chi connectivity index (χ0) is 15.2. The van der Waals surface area contributed by atoms with Gasteiger partial charge in [0.1, 0.15) is 5.75 Å². The van der Waals surface area contributed by atoms with Gasteiger partial charge < -0.3 is 20.5 Å². The van der Waals surface area contributed by atoms with E-state index in [1.54, 1.807) is 19.2 Å². The van der Waals surface area contributed by atoms with Gasteiger partial charge in [0.05, 0.1) is 12.1 Å². The maximum atomic E-state index is 12.1. The second kappa shape index (κ2) is 7.43. The van der Waals surface area contributed by atoms with E-state index >= 15 is 0 Å². The third-order valence-corrected chi connectivity index (χ3v) is 3.93. The Hall–Kier alpha value is -1.59. The molecule has 21 heavy (non-hydrogen) atoms. The van der Waals surface area contributed by atoms with Gasteiger partial charge in [-0.25, -0.2) is 0 Å². The number of phenolic OH excluding ortho intramolecular Hbond substituents is 1.